The molecule has 7 heteroatoms. The number of nitrogens with one attached hydrogen (secondary N) is 3. The van der Waals surface area contributed by atoms with E-state index < -0.39 is 17.5 Å². The fourth-order valence-corrected chi connectivity index (χ4v) is 5.62. The minimum atomic E-state index is -1.33. The summed E-state index contributed by atoms with van der Waals surface area (Å²) < 4.78 is 5.32. The van der Waals surface area contributed by atoms with Gasteiger partial charge in [-0.2, -0.15) is 0 Å². The molecular weight excluding hydrogens is 526 g/mol. The summed E-state index contributed by atoms with van der Waals surface area (Å²) in [6.45, 7) is 3.84. The zero-order chi connectivity index (χ0) is 30.0. The van der Waals surface area contributed by atoms with Crippen LogP contribution in [-0.4, -0.2) is 42.5 Å². The van der Waals surface area contributed by atoms with Gasteiger partial charge in [0.2, 0.25) is 11.8 Å². The van der Waals surface area contributed by atoms with Crippen molar-refractivity contribution in [2.24, 2.45) is 5.92 Å². The number of hydrogen-bond acceptors (Lipinski definition) is 4. The molecule has 0 saturated heterocycles. The van der Waals surface area contributed by atoms with E-state index in [2.05, 4.69) is 16.0 Å². The maximum absolute atomic E-state index is 14.5. The summed E-state index contributed by atoms with van der Waals surface area (Å²) in [4.78, 5) is 41.7. The molecule has 7 nitrogen and oxygen atoms in total. The third kappa shape index (κ3) is 7.99. The second kappa shape index (κ2) is 14.7. The van der Waals surface area contributed by atoms with E-state index >= 15 is 0 Å². The highest BCUT2D eigenvalue weighted by Crippen LogP contribution is 2.26. The fraction of sp³-hybridized carbons (Fsp3) is 0.400. The van der Waals surface area contributed by atoms with Crippen LogP contribution in [0.4, 0.5) is 0 Å². The minimum Gasteiger partial charge on any atom is -0.497 e. The van der Waals surface area contributed by atoms with Gasteiger partial charge in [0.15, 0.2) is 0 Å². The first-order chi connectivity index (χ1) is 20.3. The van der Waals surface area contributed by atoms with Gasteiger partial charge in [0, 0.05) is 24.4 Å². The number of hydrogen-bond donors (Lipinski definition) is 3. The Morgan fingerprint density at radius 3 is 2.05 bits per heavy atom. The van der Waals surface area contributed by atoms with Crippen molar-refractivity contribution in [3.05, 3.63) is 102 Å². The van der Waals surface area contributed by atoms with Crippen molar-refractivity contribution in [2.45, 2.75) is 76.4 Å². The van der Waals surface area contributed by atoms with Crippen LogP contribution >= 0.6 is 0 Å². The SMILES string of the molecule is COc1ccc(C[C@](NC(=O)c2ccccc2)(C(=O)N[C@@H](Cc2ccccc2)C(=O)NC2CCCCC2)C(C)C)cc1. The normalized spacial score (nSPS) is 15.7. The Balaban J connectivity index is 1.66. The third-order valence-corrected chi connectivity index (χ3v) is 8.26. The predicted molar refractivity (Wildman–Crippen MR) is 165 cm³/mol. The van der Waals surface area contributed by atoms with Crippen LogP contribution < -0.4 is 20.7 Å². The van der Waals surface area contributed by atoms with Gasteiger partial charge in [-0.05, 0) is 54.2 Å². The van der Waals surface area contributed by atoms with Gasteiger partial charge in [-0.25, -0.2) is 0 Å². The van der Waals surface area contributed by atoms with Crippen LogP contribution in [0.2, 0.25) is 0 Å². The Labute approximate surface area is 249 Å². The van der Waals surface area contributed by atoms with E-state index in [0.717, 1.165) is 36.8 Å². The highest BCUT2D eigenvalue weighted by molar-refractivity contribution is 6.00. The Kier molecular flexibility index (Phi) is 10.8. The van der Waals surface area contributed by atoms with Crippen molar-refractivity contribution in [2.75, 3.05) is 7.11 Å². The summed E-state index contributed by atoms with van der Waals surface area (Å²) in [5, 5.41) is 9.38. The molecule has 0 spiro atoms. The summed E-state index contributed by atoms with van der Waals surface area (Å²) in [5.74, 6) is -0.535. The molecule has 2 atom stereocenters. The molecule has 1 aliphatic rings. The lowest BCUT2D eigenvalue weighted by Gasteiger charge is -2.38. The van der Waals surface area contributed by atoms with Gasteiger partial charge < -0.3 is 20.7 Å². The van der Waals surface area contributed by atoms with E-state index in [1.807, 2.05) is 74.5 Å². The van der Waals surface area contributed by atoms with Crippen LogP contribution in [0.25, 0.3) is 0 Å². The number of ether oxygens (including phenoxy) is 1. The average Bonchev–Trinajstić information content (AvgIpc) is 3.02. The number of methoxy groups -OCH3 is 1. The van der Waals surface area contributed by atoms with Crippen LogP contribution in [0.15, 0.2) is 84.9 Å². The van der Waals surface area contributed by atoms with Crippen LogP contribution in [0.3, 0.4) is 0 Å². The number of carbonyl (C=O) groups is 3. The van der Waals surface area contributed by atoms with E-state index in [1.54, 1.807) is 31.4 Å². The monoisotopic (exact) mass is 569 g/mol. The standard InChI is InChI=1S/C35H43N3O4/c1-25(2)35(24-27-19-21-30(42-3)22-20-27,38-32(39)28-15-9-5-10-16-28)34(41)37-31(23-26-13-7-4-8-14-26)33(40)36-29-17-11-6-12-18-29/h4-5,7-10,13-16,19-22,25,29,31H,6,11-12,17-18,23-24H2,1-3H3,(H,36,40)(H,37,41)(H,38,39)/t31-,35+/m0/s1. The molecule has 0 bridgehead atoms. The molecule has 0 aliphatic heterocycles. The summed E-state index contributed by atoms with van der Waals surface area (Å²) in [5.41, 5.74) is 0.933. The molecule has 1 fully saturated rings. The first-order valence-corrected chi connectivity index (χ1v) is 15.0. The Bertz CT molecular complexity index is 1310. The van der Waals surface area contributed by atoms with E-state index in [1.165, 1.54) is 6.42 Å². The first kappa shape index (κ1) is 30.8. The maximum atomic E-state index is 14.5. The van der Waals surface area contributed by atoms with Gasteiger partial charge >= 0.3 is 0 Å². The Morgan fingerprint density at radius 1 is 0.833 bits per heavy atom. The molecular formula is C35H43N3O4. The Hall–Kier alpha value is -4.13. The zero-order valence-corrected chi connectivity index (χ0v) is 24.9. The molecule has 42 heavy (non-hydrogen) atoms. The van der Waals surface area contributed by atoms with Crippen molar-refractivity contribution >= 4 is 17.7 Å². The van der Waals surface area contributed by atoms with Gasteiger partial charge in [0.1, 0.15) is 17.3 Å². The second-order valence-corrected chi connectivity index (χ2v) is 11.5. The molecule has 0 heterocycles. The number of rotatable bonds is 12. The van der Waals surface area contributed by atoms with Gasteiger partial charge in [-0.3, -0.25) is 14.4 Å². The van der Waals surface area contributed by atoms with E-state index in [-0.39, 0.29) is 30.2 Å². The van der Waals surface area contributed by atoms with Crippen LogP contribution in [0.5, 0.6) is 5.75 Å². The minimum absolute atomic E-state index is 0.105. The molecule has 1 saturated carbocycles. The van der Waals surface area contributed by atoms with Crippen molar-refractivity contribution in [1.29, 1.82) is 0 Å². The molecule has 0 unspecified atom stereocenters. The zero-order valence-electron chi connectivity index (χ0n) is 24.9. The van der Waals surface area contributed by atoms with Crippen LogP contribution in [0, 0.1) is 5.92 Å². The summed E-state index contributed by atoms with van der Waals surface area (Å²) in [6.07, 6.45) is 5.82. The van der Waals surface area contributed by atoms with Gasteiger partial charge in [0.25, 0.3) is 5.91 Å². The lowest BCUT2D eigenvalue weighted by Crippen LogP contribution is -2.66. The van der Waals surface area contributed by atoms with Crippen LogP contribution in [0.1, 0.15) is 67.4 Å². The second-order valence-electron chi connectivity index (χ2n) is 11.5. The van der Waals surface area contributed by atoms with Crippen molar-refractivity contribution in [3.8, 4) is 5.75 Å². The van der Waals surface area contributed by atoms with Crippen LogP contribution in [-0.2, 0) is 22.4 Å². The maximum Gasteiger partial charge on any atom is 0.252 e. The number of carbonyl (C=O) groups excluding carboxylic acids is 3. The molecule has 0 radical (unpaired) electrons. The summed E-state index contributed by atoms with van der Waals surface area (Å²) in [6, 6.07) is 25.3. The third-order valence-electron chi connectivity index (χ3n) is 8.26. The molecule has 0 aromatic heterocycles. The molecule has 4 rings (SSSR count). The number of benzene rings is 3. The predicted octanol–water partition coefficient (Wildman–Crippen LogP) is 5.24. The molecule has 1 aliphatic carbocycles. The Morgan fingerprint density at radius 2 is 1.45 bits per heavy atom. The first-order valence-electron chi connectivity index (χ1n) is 15.0. The largest absolute Gasteiger partial charge is 0.497 e. The molecule has 3 amide bonds. The highest BCUT2D eigenvalue weighted by Gasteiger charge is 2.44. The lowest BCUT2D eigenvalue weighted by molar-refractivity contribution is -0.134. The summed E-state index contributed by atoms with van der Waals surface area (Å²) >= 11 is 0. The van der Waals surface area contributed by atoms with Crippen molar-refractivity contribution in [1.82, 2.24) is 16.0 Å². The molecule has 3 aromatic rings. The van der Waals surface area contributed by atoms with Crippen molar-refractivity contribution in [3.63, 3.8) is 0 Å². The summed E-state index contributed by atoms with van der Waals surface area (Å²) in [7, 11) is 1.60. The lowest BCUT2D eigenvalue weighted by atomic mass is 9.79. The van der Waals surface area contributed by atoms with Crippen molar-refractivity contribution < 1.29 is 19.1 Å². The average molecular weight is 570 g/mol. The van der Waals surface area contributed by atoms with E-state index in [4.69, 9.17) is 4.74 Å². The van der Waals surface area contributed by atoms with Gasteiger partial charge in [-0.1, -0.05) is 93.8 Å². The fourth-order valence-electron chi connectivity index (χ4n) is 5.62. The molecule has 222 valence electrons. The van der Waals surface area contributed by atoms with E-state index in [9.17, 15) is 14.4 Å². The van der Waals surface area contributed by atoms with Gasteiger partial charge in [0.05, 0.1) is 7.11 Å². The number of amides is 3. The quantitative estimate of drug-likeness (QED) is 0.278. The highest BCUT2D eigenvalue weighted by atomic mass is 16.5. The molecule has 3 aromatic carbocycles. The topological polar surface area (TPSA) is 96.5 Å². The molecule has 3 N–H and O–H groups in total. The van der Waals surface area contributed by atoms with E-state index in [0.29, 0.717) is 17.7 Å². The van der Waals surface area contributed by atoms with Gasteiger partial charge in [-0.15, -0.1) is 0 Å². The smallest absolute Gasteiger partial charge is 0.252 e.